The summed E-state index contributed by atoms with van der Waals surface area (Å²) in [5, 5.41) is 25.2. The van der Waals surface area contributed by atoms with Gasteiger partial charge in [0, 0.05) is 31.1 Å². The summed E-state index contributed by atoms with van der Waals surface area (Å²) in [5.74, 6) is -0.903. The number of nitro benzene ring substituents is 2. The normalized spacial score (nSPS) is 10.0. The summed E-state index contributed by atoms with van der Waals surface area (Å²) >= 11 is 0. The number of esters is 1. The third-order valence-corrected chi connectivity index (χ3v) is 3.10. The number of aromatic nitrogens is 1. The SMILES string of the molecule is COC(=O)c1cc([N+](=O)[O-])c(NCc2cccnc2)c([N+](=O)[O-])c1. The fraction of sp³-hybridized carbons (Fsp3) is 0.143. The highest BCUT2D eigenvalue weighted by Gasteiger charge is 2.28. The summed E-state index contributed by atoms with van der Waals surface area (Å²) in [5.41, 5.74) is -1.07. The molecule has 10 heteroatoms. The molecule has 0 atom stereocenters. The number of rotatable bonds is 6. The smallest absolute Gasteiger partial charge is 0.338 e. The van der Waals surface area contributed by atoms with Crippen LogP contribution in [-0.2, 0) is 11.3 Å². The maximum Gasteiger partial charge on any atom is 0.338 e. The topological polar surface area (TPSA) is 138 Å². The molecule has 1 N–H and O–H groups in total. The molecule has 0 bridgehead atoms. The molecule has 10 nitrogen and oxygen atoms in total. The van der Waals surface area contributed by atoms with E-state index in [4.69, 9.17) is 0 Å². The van der Waals surface area contributed by atoms with Crippen molar-refractivity contribution in [1.29, 1.82) is 0 Å². The summed E-state index contributed by atoms with van der Waals surface area (Å²) in [6.07, 6.45) is 3.08. The van der Waals surface area contributed by atoms with Gasteiger partial charge in [0.2, 0.25) is 0 Å². The van der Waals surface area contributed by atoms with Gasteiger partial charge in [-0.1, -0.05) is 6.07 Å². The maximum atomic E-state index is 11.6. The maximum absolute atomic E-state index is 11.6. The minimum atomic E-state index is -0.903. The lowest BCUT2D eigenvalue weighted by Gasteiger charge is -2.09. The van der Waals surface area contributed by atoms with Gasteiger partial charge in [-0.2, -0.15) is 0 Å². The van der Waals surface area contributed by atoms with Crippen LogP contribution in [0.2, 0.25) is 0 Å². The minimum Gasteiger partial charge on any atom is -0.465 e. The van der Waals surface area contributed by atoms with Crippen LogP contribution in [0, 0.1) is 20.2 Å². The Kier molecular flexibility index (Phi) is 5.00. The number of hydrogen-bond donors (Lipinski definition) is 1. The standard InChI is InChI=1S/C14H12N4O6/c1-24-14(19)10-5-11(17(20)21)13(12(6-10)18(22)23)16-8-9-3-2-4-15-7-9/h2-7,16H,8H2,1H3. The number of benzene rings is 1. The fourth-order valence-electron chi connectivity index (χ4n) is 2.01. The molecule has 0 amide bonds. The zero-order chi connectivity index (χ0) is 17.7. The first-order valence-corrected chi connectivity index (χ1v) is 6.62. The molecule has 0 spiro atoms. The number of hydrogen-bond acceptors (Lipinski definition) is 8. The highest BCUT2D eigenvalue weighted by Crippen LogP contribution is 2.36. The molecule has 0 aliphatic heterocycles. The third kappa shape index (κ3) is 3.61. The first-order valence-electron chi connectivity index (χ1n) is 6.62. The predicted octanol–water partition coefficient (Wildman–Crippen LogP) is 2.30. The summed E-state index contributed by atoms with van der Waals surface area (Å²) in [4.78, 5) is 36.3. The van der Waals surface area contributed by atoms with E-state index in [-0.39, 0.29) is 17.8 Å². The molecule has 0 unspecified atom stereocenters. The van der Waals surface area contributed by atoms with Crippen LogP contribution < -0.4 is 5.32 Å². The summed E-state index contributed by atoms with van der Waals surface area (Å²) in [6, 6.07) is 5.25. The molecule has 2 aromatic rings. The number of carbonyl (C=O) groups is 1. The lowest BCUT2D eigenvalue weighted by atomic mass is 10.1. The number of nitrogens with zero attached hydrogens (tertiary/aromatic N) is 3. The molecule has 1 aromatic carbocycles. The molecule has 0 saturated heterocycles. The molecule has 24 heavy (non-hydrogen) atoms. The number of methoxy groups -OCH3 is 1. The molecule has 124 valence electrons. The third-order valence-electron chi connectivity index (χ3n) is 3.10. The van der Waals surface area contributed by atoms with E-state index in [1.807, 2.05) is 0 Å². The second kappa shape index (κ2) is 7.13. The second-order valence-electron chi connectivity index (χ2n) is 4.61. The summed E-state index contributed by atoms with van der Waals surface area (Å²) < 4.78 is 4.46. The Bertz CT molecular complexity index is 758. The van der Waals surface area contributed by atoms with Crippen molar-refractivity contribution >= 4 is 23.0 Å². The van der Waals surface area contributed by atoms with Gasteiger partial charge >= 0.3 is 5.97 Å². The van der Waals surface area contributed by atoms with Crippen LogP contribution in [0.4, 0.5) is 17.1 Å². The zero-order valence-corrected chi connectivity index (χ0v) is 12.5. The highest BCUT2D eigenvalue weighted by molar-refractivity contribution is 5.93. The van der Waals surface area contributed by atoms with Gasteiger partial charge in [0.1, 0.15) is 0 Å². The van der Waals surface area contributed by atoms with Crippen molar-refractivity contribution in [3.63, 3.8) is 0 Å². The van der Waals surface area contributed by atoms with E-state index in [1.54, 1.807) is 18.3 Å². The number of nitro groups is 2. The first kappa shape index (κ1) is 16.8. The van der Waals surface area contributed by atoms with Crippen molar-refractivity contribution in [1.82, 2.24) is 4.98 Å². The van der Waals surface area contributed by atoms with E-state index in [2.05, 4.69) is 15.0 Å². The molecular formula is C14H12N4O6. The highest BCUT2D eigenvalue weighted by atomic mass is 16.6. The molecule has 0 radical (unpaired) electrons. The number of pyridine rings is 1. The minimum absolute atomic E-state index is 0.0904. The van der Waals surface area contributed by atoms with Gasteiger partial charge in [0.25, 0.3) is 11.4 Å². The van der Waals surface area contributed by atoms with Crippen LogP contribution >= 0.6 is 0 Å². The van der Waals surface area contributed by atoms with Crippen LogP contribution in [0.1, 0.15) is 15.9 Å². The molecule has 1 heterocycles. The summed E-state index contributed by atoms with van der Waals surface area (Å²) in [6.45, 7) is 0.0904. The molecule has 0 fully saturated rings. The predicted molar refractivity (Wildman–Crippen MR) is 82.7 cm³/mol. The van der Waals surface area contributed by atoms with Gasteiger partial charge in [0.05, 0.1) is 22.5 Å². The number of ether oxygens (including phenoxy) is 1. The largest absolute Gasteiger partial charge is 0.465 e. The van der Waals surface area contributed by atoms with Crippen LogP contribution in [0.25, 0.3) is 0 Å². The molecule has 0 aliphatic rings. The average molecular weight is 332 g/mol. The van der Waals surface area contributed by atoms with Crippen molar-refractivity contribution < 1.29 is 19.4 Å². The van der Waals surface area contributed by atoms with E-state index in [0.29, 0.717) is 5.56 Å². The molecule has 2 rings (SSSR count). The number of nitrogens with one attached hydrogen (secondary N) is 1. The van der Waals surface area contributed by atoms with E-state index in [9.17, 15) is 25.0 Å². The Labute approximate surface area is 135 Å². The number of carbonyl (C=O) groups excluding carboxylic acids is 1. The van der Waals surface area contributed by atoms with Gasteiger partial charge in [-0.25, -0.2) is 4.79 Å². The molecular weight excluding hydrogens is 320 g/mol. The van der Waals surface area contributed by atoms with Crippen LogP contribution in [0.15, 0.2) is 36.7 Å². The van der Waals surface area contributed by atoms with Gasteiger partial charge in [-0.3, -0.25) is 25.2 Å². The van der Waals surface area contributed by atoms with Crippen LogP contribution in [0.5, 0.6) is 0 Å². The Morgan fingerprint density at radius 2 is 1.88 bits per heavy atom. The van der Waals surface area contributed by atoms with E-state index in [0.717, 1.165) is 19.2 Å². The van der Waals surface area contributed by atoms with Crippen LogP contribution in [-0.4, -0.2) is 27.9 Å². The lowest BCUT2D eigenvalue weighted by Crippen LogP contribution is -2.09. The Balaban J connectivity index is 2.49. The Hall–Kier alpha value is -3.56. The van der Waals surface area contributed by atoms with Gasteiger partial charge in [-0.15, -0.1) is 0 Å². The Morgan fingerprint density at radius 3 is 2.33 bits per heavy atom. The van der Waals surface area contributed by atoms with E-state index in [1.165, 1.54) is 6.20 Å². The molecule has 1 aromatic heterocycles. The Morgan fingerprint density at radius 1 is 1.25 bits per heavy atom. The fourth-order valence-corrected chi connectivity index (χ4v) is 2.01. The van der Waals surface area contributed by atoms with Crippen molar-refractivity contribution in [2.75, 3.05) is 12.4 Å². The van der Waals surface area contributed by atoms with E-state index < -0.39 is 27.2 Å². The molecule has 0 saturated carbocycles. The van der Waals surface area contributed by atoms with Gasteiger partial charge < -0.3 is 10.1 Å². The molecule has 0 aliphatic carbocycles. The van der Waals surface area contributed by atoms with Crippen molar-refractivity contribution in [3.8, 4) is 0 Å². The van der Waals surface area contributed by atoms with Crippen molar-refractivity contribution in [2.45, 2.75) is 6.54 Å². The van der Waals surface area contributed by atoms with Crippen molar-refractivity contribution in [2.24, 2.45) is 0 Å². The van der Waals surface area contributed by atoms with Gasteiger partial charge in [-0.05, 0) is 11.6 Å². The summed E-state index contributed by atoms with van der Waals surface area (Å²) in [7, 11) is 1.08. The van der Waals surface area contributed by atoms with Gasteiger partial charge in [0.15, 0.2) is 5.69 Å². The second-order valence-corrected chi connectivity index (χ2v) is 4.61. The zero-order valence-electron chi connectivity index (χ0n) is 12.5. The number of anilines is 1. The van der Waals surface area contributed by atoms with E-state index >= 15 is 0 Å². The van der Waals surface area contributed by atoms with Crippen LogP contribution in [0.3, 0.4) is 0 Å². The lowest BCUT2D eigenvalue weighted by molar-refractivity contribution is -0.392. The monoisotopic (exact) mass is 332 g/mol. The average Bonchev–Trinajstić information content (AvgIpc) is 2.59. The van der Waals surface area contributed by atoms with Crippen molar-refractivity contribution in [3.05, 3.63) is 68.0 Å². The first-order chi connectivity index (χ1) is 11.4. The quantitative estimate of drug-likeness (QED) is 0.483.